The topological polar surface area (TPSA) is 52.7 Å². The minimum absolute atomic E-state index is 0.0876. The Morgan fingerprint density at radius 2 is 2.27 bits per heavy atom. The van der Waals surface area contributed by atoms with Crippen LogP contribution in [0.3, 0.4) is 0 Å². The predicted octanol–water partition coefficient (Wildman–Crippen LogP) is 1.67. The van der Waals surface area contributed by atoms with Gasteiger partial charge >= 0.3 is 0 Å². The lowest BCUT2D eigenvalue weighted by Crippen LogP contribution is -2.40. The average Bonchev–Trinajstić information content (AvgIpc) is 3.15. The normalized spacial score (nSPS) is 18.6. The third-order valence-electron chi connectivity index (χ3n) is 4.09. The first-order chi connectivity index (χ1) is 10.5. The highest BCUT2D eigenvalue weighted by Crippen LogP contribution is 2.17. The summed E-state index contributed by atoms with van der Waals surface area (Å²) < 4.78 is 0. The molecule has 0 aliphatic carbocycles. The number of thiophene rings is 1. The molecule has 0 bridgehead atoms. The van der Waals surface area contributed by atoms with Crippen molar-refractivity contribution in [1.29, 1.82) is 0 Å². The Labute approximate surface area is 136 Å². The maximum absolute atomic E-state index is 12.1. The molecule has 0 saturated carbocycles. The van der Waals surface area contributed by atoms with Crippen molar-refractivity contribution in [2.24, 2.45) is 5.92 Å². The van der Waals surface area contributed by atoms with Gasteiger partial charge in [0.15, 0.2) is 0 Å². The van der Waals surface area contributed by atoms with E-state index in [1.54, 1.807) is 13.1 Å². The summed E-state index contributed by atoms with van der Waals surface area (Å²) in [6.07, 6.45) is 1.13. The van der Waals surface area contributed by atoms with Crippen molar-refractivity contribution in [3.05, 3.63) is 22.4 Å². The SMILES string of the molecule is CC(C)N1CCC(CNC(=O)CN(C)C(=O)c2cccs2)C1. The van der Waals surface area contributed by atoms with E-state index < -0.39 is 0 Å². The third-order valence-corrected chi connectivity index (χ3v) is 4.95. The standard InChI is InChI=1S/C16H25N3O2S/c1-12(2)19-7-6-13(10-19)9-17-15(20)11-18(3)16(21)14-5-4-8-22-14/h4-5,8,12-13H,6-7,9-11H2,1-3H3,(H,17,20). The van der Waals surface area contributed by atoms with Crippen molar-refractivity contribution < 1.29 is 9.59 Å². The molecule has 1 aromatic heterocycles. The van der Waals surface area contributed by atoms with Crippen LogP contribution in [0.2, 0.25) is 0 Å². The minimum Gasteiger partial charge on any atom is -0.354 e. The molecule has 0 spiro atoms. The Hall–Kier alpha value is -1.40. The van der Waals surface area contributed by atoms with E-state index in [-0.39, 0.29) is 18.4 Å². The van der Waals surface area contributed by atoms with E-state index in [0.29, 0.717) is 23.4 Å². The average molecular weight is 323 g/mol. The summed E-state index contributed by atoms with van der Waals surface area (Å²) in [6, 6.07) is 4.18. The van der Waals surface area contributed by atoms with Crippen LogP contribution >= 0.6 is 11.3 Å². The van der Waals surface area contributed by atoms with Crippen LogP contribution in [0.25, 0.3) is 0 Å². The van der Waals surface area contributed by atoms with Crippen molar-refractivity contribution in [2.45, 2.75) is 26.3 Å². The van der Waals surface area contributed by atoms with Crippen molar-refractivity contribution >= 4 is 23.2 Å². The Morgan fingerprint density at radius 1 is 1.50 bits per heavy atom. The highest BCUT2D eigenvalue weighted by molar-refractivity contribution is 7.12. The lowest BCUT2D eigenvalue weighted by Gasteiger charge is -2.20. The van der Waals surface area contributed by atoms with Crippen molar-refractivity contribution in [2.75, 3.05) is 33.2 Å². The van der Waals surface area contributed by atoms with Crippen LogP contribution in [-0.2, 0) is 4.79 Å². The van der Waals surface area contributed by atoms with Gasteiger partial charge < -0.3 is 15.1 Å². The van der Waals surface area contributed by atoms with E-state index >= 15 is 0 Å². The third kappa shape index (κ3) is 4.55. The van der Waals surface area contributed by atoms with Crippen molar-refractivity contribution in [3.63, 3.8) is 0 Å². The first-order valence-electron chi connectivity index (χ1n) is 7.77. The molecular formula is C16H25N3O2S. The molecule has 2 amide bonds. The Bertz CT molecular complexity index is 501. The number of carbonyl (C=O) groups excluding carboxylic acids is 2. The van der Waals surface area contributed by atoms with E-state index in [9.17, 15) is 9.59 Å². The van der Waals surface area contributed by atoms with E-state index in [1.165, 1.54) is 16.2 Å². The van der Waals surface area contributed by atoms with Gasteiger partial charge in [-0.1, -0.05) is 6.07 Å². The summed E-state index contributed by atoms with van der Waals surface area (Å²) in [4.78, 5) is 28.6. The zero-order chi connectivity index (χ0) is 16.1. The summed E-state index contributed by atoms with van der Waals surface area (Å²) in [6.45, 7) is 7.36. The first kappa shape index (κ1) is 17.0. The second-order valence-electron chi connectivity index (χ2n) is 6.19. The molecule has 1 N–H and O–H groups in total. The molecule has 2 rings (SSSR count). The molecule has 1 fully saturated rings. The molecule has 122 valence electrons. The minimum atomic E-state index is -0.100. The summed E-state index contributed by atoms with van der Waals surface area (Å²) in [5, 5.41) is 4.82. The molecule has 1 aliphatic heterocycles. The Morgan fingerprint density at radius 3 is 2.86 bits per heavy atom. The fourth-order valence-corrected chi connectivity index (χ4v) is 3.41. The molecule has 0 aromatic carbocycles. The maximum atomic E-state index is 12.1. The quantitative estimate of drug-likeness (QED) is 0.866. The Kier molecular flexibility index (Phi) is 5.97. The molecule has 1 aromatic rings. The zero-order valence-electron chi connectivity index (χ0n) is 13.5. The van der Waals surface area contributed by atoms with Crippen molar-refractivity contribution in [3.8, 4) is 0 Å². The number of nitrogens with one attached hydrogen (secondary N) is 1. The molecule has 22 heavy (non-hydrogen) atoms. The van der Waals surface area contributed by atoms with Crippen LogP contribution in [0.5, 0.6) is 0 Å². The van der Waals surface area contributed by atoms with Gasteiger partial charge in [0.05, 0.1) is 11.4 Å². The Balaban J connectivity index is 1.71. The van der Waals surface area contributed by atoms with Gasteiger partial charge in [0, 0.05) is 26.2 Å². The van der Waals surface area contributed by atoms with Gasteiger partial charge in [0.1, 0.15) is 0 Å². The monoisotopic (exact) mass is 323 g/mol. The smallest absolute Gasteiger partial charge is 0.264 e. The zero-order valence-corrected chi connectivity index (χ0v) is 14.4. The second-order valence-corrected chi connectivity index (χ2v) is 7.13. The van der Waals surface area contributed by atoms with Crippen LogP contribution in [-0.4, -0.2) is 60.9 Å². The molecule has 2 heterocycles. The fraction of sp³-hybridized carbons (Fsp3) is 0.625. The van der Waals surface area contributed by atoms with Crippen LogP contribution in [0.15, 0.2) is 17.5 Å². The van der Waals surface area contributed by atoms with Gasteiger partial charge in [0.25, 0.3) is 5.91 Å². The van der Waals surface area contributed by atoms with Gasteiger partial charge in [-0.15, -0.1) is 11.3 Å². The number of amides is 2. The van der Waals surface area contributed by atoms with Crippen LogP contribution < -0.4 is 5.32 Å². The lowest BCUT2D eigenvalue weighted by atomic mass is 10.1. The molecule has 1 atom stereocenters. The molecular weight excluding hydrogens is 298 g/mol. The number of hydrogen-bond donors (Lipinski definition) is 1. The molecule has 1 aliphatic rings. The van der Waals surface area contributed by atoms with Crippen LogP contribution in [0.4, 0.5) is 0 Å². The molecule has 1 saturated heterocycles. The predicted molar refractivity (Wildman–Crippen MR) is 89.1 cm³/mol. The summed E-state index contributed by atoms with van der Waals surface area (Å²) in [5.41, 5.74) is 0. The largest absolute Gasteiger partial charge is 0.354 e. The number of likely N-dealkylation sites (tertiary alicyclic amines) is 1. The highest BCUT2D eigenvalue weighted by atomic mass is 32.1. The summed E-state index contributed by atoms with van der Waals surface area (Å²) in [7, 11) is 1.66. The van der Waals surface area contributed by atoms with Gasteiger partial charge in [-0.05, 0) is 44.2 Å². The first-order valence-corrected chi connectivity index (χ1v) is 8.65. The number of nitrogens with zero attached hydrogens (tertiary/aromatic N) is 2. The van der Waals surface area contributed by atoms with Gasteiger partial charge in [0.2, 0.25) is 5.91 Å². The van der Waals surface area contributed by atoms with E-state index in [0.717, 1.165) is 19.5 Å². The van der Waals surface area contributed by atoms with Gasteiger partial charge in [-0.2, -0.15) is 0 Å². The fourth-order valence-electron chi connectivity index (χ4n) is 2.69. The van der Waals surface area contributed by atoms with Crippen LogP contribution in [0.1, 0.15) is 29.9 Å². The number of carbonyl (C=O) groups is 2. The van der Waals surface area contributed by atoms with Crippen LogP contribution in [0, 0.1) is 5.92 Å². The number of likely N-dealkylation sites (N-methyl/N-ethyl adjacent to an activating group) is 1. The number of hydrogen-bond acceptors (Lipinski definition) is 4. The number of rotatable bonds is 6. The van der Waals surface area contributed by atoms with E-state index in [2.05, 4.69) is 24.1 Å². The summed E-state index contributed by atoms with van der Waals surface area (Å²) >= 11 is 1.39. The van der Waals surface area contributed by atoms with Gasteiger partial charge in [-0.3, -0.25) is 9.59 Å². The second kappa shape index (κ2) is 7.74. The molecule has 0 radical (unpaired) electrons. The van der Waals surface area contributed by atoms with Gasteiger partial charge in [-0.25, -0.2) is 0 Å². The highest BCUT2D eigenvalue weighted by Gasteiger charge is 2.24. The molecule has 1 unspecified atom stereocenters. The molecule has 6 heteroatoms. The molecule has 5 nitrogen and oxygen atoms in total. The lowest BCUT2D eigenvalue weighted by molar-refractivity contribution is -0.121. The summed E-state index contributed by atoms with van der Waals surface area (Å²) in [5.74, 6) is 0.331. The van der Waals surface area contributed by atoms with E-state index in [1.807, 2.05) is 11.4 Å². The van der Waals surface area contributed by atoms with E-state index in [4.69, 9.17) is 0 Å². The maximum Gasteiger partial charge on any atom is 0.264 e. The van der Waals surface area contributed by atoms with Crippen molar-refractivity contribution in [1.82, 2.24) is 15.1 Å².